The molecule has 0 amide bonds. The van der Waals surface area contributed by atoms with Gasteiger partial charge in [-0.15, -0.1) is 0 Å². The summed E-state index contributed by atoms with van der Waals surface area (Å²) in [5.74, 6) is 0. The van der Waals surface area contributed by atoms with Gasteiger partial charge in [0, 0.05) is 0 Å². The molecule has 0 saturated carbocycles. The Morgan fingerprint density at radius 1 is 0.706 bits per heavy atom. The molecule has 2 fully saturated rings. The lowest BCUT2D eigenvalue weighted by Crippen LogP contribution is -2.65. The van der Waals surface area contributed by atoms with Gasteiger partial charge in [-0.3, -0.25) is 0 Å². The van der Waals surface area contributed by atoms with Gasteiger partial charge in [-0.05, 0) is 6.42 Å². The van der Waals surface area contributed by atoms with Crippen molar-refractivity contribution < 1.29 is 75.1 Å². The van der Waals surface area contributed by atoms with Crippen LogP contribution in [-0.4, -0.2) is 162 Å². The largest absolute Gasteiger partial charge is 0.394 e. The third-order valence-electron chi connectivity index (χ3n) is 5.97. The standard InChI is InChI=1S/C19H36O15/c1-2-6(23)10(25)16(7(24)3-20)33-19-15(30)13(28)17(9(5-22)32-19)34-18-14(29)12(27)11(26)8(4-21)31-18/h6-30H,2-5H2,1H3/t6?,7?,8?,9?,10-,11-,12+,13-,14?,15?,16-,17-,18-,19-/m1/s1. The summed E-state index contributed by atoms with van der Waals surface area (Å²) in [5, 5.41) is 109. The lowest BCUT2D eigenvalue weighted by Gasteiger charge is -2.46. The van der Waals surface area contributed by atoms with E-state index in [1.807, 2.05) is 0 Å². The molecule has 2 rings (SSSR count). The Morgan fingerprint density at radius 3 is 1.79 bits per heavy atom. The molecule has 14 atom stereocenters. The lowest BCUT2D eigenvalue weighted by molar-refractivity contribution is -0.367. The molecule has 0 spiro atoms. The molecule has 0 radical (unpaired) electrons. The van der Waals surface area contributed by atoms with Crippen molar-refractivity contribution in [3.8, 4) is 0 Å². The predicted octanol–water partition coefficient (Wildman–Crippen LogP) is -6.52. The zero-order valence-electron chi connectivity index (χ0n) is 18.5. The van der Waals surface area contributed by atoms with Crippen molar-refractivity contribution in [2.45, 2.75) is 99.2 Å². The second-order valence-electron chi connectivity index (χ2n) is 8.32. The SMILES string of the molecule is CCC(O)[C@@H](O)[C@H](O[C@H]1OC(CO)[C@@H](O[C@H]2OC(CO)[C@@H](O)[C@H](O)C2O)[C@H](O)C1O)C(O)CO. The average Bonchev–Trinajstić information content (AvgIpc) is 2.84. The van der Waals surface area contributed by atoms with Crippen molar-refractivity contribution >= 4 is 0 Å². The number of ether oxygens (including phenoxy) is 4. The predicted molar refractivity (Wildman–Crippen MR) is 107 cm³/mol. The topological polar surface area (TPSA) is 259 Å². The molecule has 202 valence electrons. The van der Waals surface area contributed by atoms with Crippen LogP contribution in [0.25, 0.3) is 0 Å². The second kappa shape index (κ2) is 13.1. The zero-order valence-corrected chi connectivity index (χ0v) is 18.5. The first-order valence-corrected chi connectivity index (χ1v) is 10.9. The van der Waals surface area contributed by atoms with E-state index in [1.165, 1.54) is 6.92 Å². The summed E-state index contributed by atoms with van der Waals surface area (Å²) >= 11 is 0. The van der Waals surface area contributed by atoms with E-state index in [-0.39, 0.29) is 6.42 Å². The molecule has 2 saturated heterocycles. The first-order chi connectivity index (χ1) is 16.0. The summed E-state index contributed by atoms with van der Waals surface area (Å²) in [7, 11) is 0. The molecule has 0 aromatic carbocycles. The Balaban J connectivity index is 2.17. The molecule has 34 heavy (non-hydrogen) atoms. The smallest absolute Gasteiger partial charge is 0.187 e. The lowest BCUT2D eigenvalue weighted by atomic mass is 9.96. The number of aliphatic hydroxyl groups excluding tert-OH is 11. The van der Waals surface area contributed by atoms with Gasteiger partial charge in [0.2, 0.25) is 0 Å². The van der Waals surface area contributed by atoms with E-state index in [0.29, 0.717) is 0 Å². The van der Waals surface area contributed by atoms with E-state index in [1.54, 1.807) is 0 Å². The molecule has 15 heteroatoms. The molecule has 6 unspecified atom stereocenters. The van der Waals surface area contributed by atoms with E-state index in [4.69, 9.17) is 18.9 Å². The van der Waals surface area contributed by atoms with E-state index < -0.39 is 106 Å². The van der Waals surface area contributed by atoms with Gasteiger partial charge in [-0.1, -0.05) is 6.92 Å². The van der Waals surface area contributed by atoms with Crippen molar-refractivity contribution in [2.75, 3.05) is 19.8 Å². The molecule has 0 aromatic heterocycles. The highest BCUT2D eigenvalue weighted by Crippen LogP contribution is 2.30. The molecule has 11 N–H and O–H groups in total. The molecule has 15 nitrogen and oxygen atoms in total. The van der Waals surface area contributed by atoms with Crippen LogP contribution in [0.2, 0.25) is 0 Å². The van der Waals surface area contributed by atoms with Crippen molar-refractivity contribution in [3.63, 3.8) is 0 Å². The van der Waals surface area contributed by atoms with Crippen LogP contribution < -0.4 is 0 Å². The van der Waals surface area contributed by atoms with E-state index in [0.717, 1.165) is 0 Å². The fourth-order valence-corrected chi connectivity index (χ4v) is 3.79. The first kappa shape index (κ1) is 29.6. The van der Waals surface area contributed by atoms with Crippen LogP contribution in [0.3, 0.4) is 0 Å². The van der Waals surface area contributed by atoms with Crippen LogP contribution in [0.5, 0.6) is 0 Å². The van der Waals surface area contributed by atoms with Gasteiger partial charge in [-0.25, -0.2) is 0 Å². The van der Waals surface area contributed by atoms with Crippen molar-refractivity contribution in [1.29, 1.82) is 0 Å². The summed E-state index contributed by atoms with van der Waals surface area (Å²) in [6.45, 7) is -0.902. The molecule has 2 heterocycles. The molecule has 2 aliphatic rings. The summed E-state index contributed by atoms with van der Waals surface area (Å²) in [5.41, 5.74) is 0. The maximum absolute atomic E-state index is 10.6. The van der Waals surface area contributed by atoms with Crippen LogP contribution in [0, 0.1) is 0 Å². The third-order valence-corrected chi connectivity index (χ3v) is 5.97. The van der Waals surface area contributed by atoms with Crippen molar-refractivity contribution in [3.05, 3.63) is 0 Å². The number of rotatable bonds is 11. The number of hydrogen-bond acceptors (Lipinski definition) is 15. The van der Waals surface area contributed by atoms with Gasteiger partial charge in [0.25, 0.3) is 0 Å². The minimum Gasteiger partial charge on any atom is -0.394 e. The fraction of sp³-hybridized carbons (Fsp3) is 1.00. The van der Waals surface area contributed by atoms with E-state index in [9.17, 15) is 56.2 Å². The van der Waals surface area contributed by atoms with Crippen LogP contribution in [0.1, 0.15) is 13.3 Å². The van der Waals surface area contributed by atoms with Gasteiger partial charge in [-0.2, -0.15) is 0 Å². The molecule has 2 aliphatic heterocycles. The summed E-state index contributed by atoms with van der Waals surface area (Å²) < 4.78 is 21.4. The third kappa shape index (κ3) is 6.39. The summed E-state index contributed by atoms with van der Waals surface area (Å²) in [6.07, 6.45) is -23.2. The van der Waals surface area contributed by atoms with Crippen LogP contribution in [0.4, 0.5) is 0 Å². The minimum atomic E-state index is -1.92. The Morgan fingerprint density at radius 2 is 1.26 bits per heavy atom. The van der Waals surface area contributed by atoms with Crippen molar-refractivity contribution in [2.24, 2.45) is 0 Å². The maximum Gasteiger partial charge on any atom is 0.187 e. The Bertz CT molecular complexity index is 594. The second-order valence-corrected chi connectivity index (χ2v) is 8.32. The number of aliphatic hydroxyl groups is 11. The Labute approximate surface area is 194 Å². The van der Waals surface area contributed by atoms with Crippen LogP contribution in [-0.2, 0) is 18.9 Å². The highest BCUT2D eigenvalue weighted by atomic mass is 16.7. The van der Waals surface area contributed by atoms with Gasteiger partial charge >= 0.3 is 0 Å². The van der Waals surface area contributed by atoms with E-state index in [2.05, 4.69) is 0 Å². The van der Waals surface area contributed by atoms with Crippen LogP contribution >= 0.6 is 0 Å². The maximum atomic E-state index is 10.6. The minimum absolute atomic E-state index is 0.0597. The Hall–Kier alpha value is -0.600. The fourth-order valence-electron chi connectivity index (χ4n) is 3.79. The van der Waals surface area contributed by atoms with Gasteiger partial charge in [0.1, 0.15) is 67.1 Å². The number of hydrogen-bond donors (Lipinski definition) is 11. The summed E-state index contributed by atoms with van der Waals surface area (Å²) in [4.78, 5) is 0. The Kier molecular flexibility index (Phi) is 11.4. The highest BCUT2D eigenvalue weighted by Gasteiger charge is 2.51. The quantitative estimate of drug-likeness (QED) is 0.125. The average molecular weight is 504 g/mol. The summed E-state index contributed by atoms with van der Waals surface area (Å²) in [6, 6.07) is 0. The van der Waals surface area contributed by atoms with Crippen LogP contribution in [0.15, 0.2) is 0 Å². The molecular weight excluding hydrogens is 468 g/mol. The van der Waals surface area contributed by atoms with Gasteiger partial charge < -0.3 is 75.1 Å². The molecule has 0 aliphatic carbocycles. The first-order valence-electron chi connectivity index (χ1n) is 10.9. The molecule has 0 bridgehead atoms. The van der Waals surface area contributed by atoms with Gasteiger partial charge in [0.15, 0.2) is 12.6 Å². The highest BCUT2D eigenvalue weighted by molar-refractivity contribution is 4.95. The molecule has 0 aromatic rings. The molecular formula is C19H36O15. The van der Waals surface area contributed by atoms with E-state index >= 15 is 0 Å². The van der Waals surface area contributed by atoms with Crippen molar-refractivity contribution in [1.82, 2.24) is 0 Å². The zero-order chi connectivity index (χ0) is 25.7. The van der Waals surface area contributed by atoms with Gasteiger partial charge in [0.05, 0.1) is 25.9 Å². The monoisotopic (exact) mass is 504 g/mol. The normalized spacial score (nSPS) is 42.7.